The third-order valence-electron chi connectivity index (χ3n) is 4.55. The quantitative estimate of drug-likeness (QED) is 0.776. The summed E-state index contributed by atoms with van der Waals surface area (Å²) >= 11 is 1.30. The van der Waals surface area contributed by atoms with E-state index in [1.807, 2.05) is 24.3 Å². The molecule has 144 valence electrons. The van der Waals surface area contributed by atoms with Gasteiger partial charge in [-0.25, -0.2) is 0 Å². The van der Waals surface area contributed by atoms with Gasteiger partial charge in [-0.15, -0.1) is 11.3 Å². The second-order valence-electron chi connectivity index (χ2n) is 6.17. The third kappa shape index (κ3) is 4.40. The first-order chi connectivity index (χ1) is 13.1. The lowest BCUT2D eigenvalue weighted by Gasteiger charge is -2.37. The maximum atomic E-state index is 12.7. The van der Waals surface area contributed by atoms with Crippen molar-refractivity contribution >= 4 is 28.8 Å². The van der Waals surface area contributed by atoms with Crippen LogP contribution in [0.3, 0.4) is 0 Å². The number of hydrogen-bond acceptors (Lipinski definition) is 6. The summed E-state index contributed by atoms with van der Waals surface area (Å²) in [7, 11) is 1.64. The second-order valence-corrected chi connectivity index (χ2v) is 7.12. The highest BCUT2D eigenvalue weighted by Gasteiger charge is 2.29. The number of aliphatic hydroxyl groups excluding tert-OH is 1. The number of methoxy groups -OCH3 is 1. The van der Waals surface area contributed by atoms with Gasteiger partial charge in [-0.2, -0.15) is 0 Å². The van der Waals surface area contributed by atoms with Crippen molar-refractivity contribution in [2.45, 2.75) is 6.04 Å². The fraction of sp³-hybridized carbons (Fsp3) is 0.368. The molecule has 0 spiro atoms. The van der Waals surface area contributed by atoms with Gasteiger partial charge in [-0.3, -0.25) is 9.59 Å². The van der Waals surface area contributed by atoms with Crippen molar-refractivity contribution in [1.29, 1.82) is 0 Å². The first-order valence-electron chi connectivity index (χ1n) is 8.76. The van der Waals surface area contributed by atoms with Crippen LogP contribution in [0.15, 0.2) is 41.8 Å². The zero-order valence-corrected chi connectivity index (χ0v) is 15.9. The molecule has 1 aromatic heterocycles. The summed E-state index contributed by atoms with van der Waals surface area (Å²) in [5.74, 6) is 0.195. The highest BCUT2D eigenvalue weighted by Crippen LogP contribution is 2.28. The molecule has 1 aliphatic heterocycles. The Bertz CT molecular complexity index is 773. The van der Waals surface area contributed by atoms with Crippen LogP contribution in [0.1, 0.15) is 9.67 Å². The number of thiophene rings is 1. The number of nitrogens with zero attached hydrogens (tertiary/aromatic N) is 2. The number of carbonyl (C=O) groups excluding carboxylic acids is 2. The molecule has 0 radical (unpaired) electrons. The number of piperazine rings is 1. The maximum Gasteiger partial charge on any atom is 0.262 e. The van der Waals surface area contributed by atoms with Crippen LogP contribution in [-0.2, 0) is 4.79 Å². The summed E-state index contributed by atoms with van der Waals surface area (Å²) in [6.45, 7) is 1.92. The van der Waals surface area contributed by atoms with Gasteiger partial charge in [-0.05, 0) is 23.6 Å². The maximum absolute atomic E-state index is 12.7. The second kappa shape index (κ2) is 8.88. The van der Waals surface area contributed by atoms with Crippen molar-refractivity contribution < 1.29 is 19.4 Å². The number of nitrogens with one attached hydrogen (secondary N) is 1. The zero-order valence-electron chi connectivity index (χ0n) is 15.1. The fourth-order valence-corrected chi connectivity index (χ4v) is 3.73. The Morgan fingerprint density at radius 3 is 2.56 bits per heavy atom. The number of anilines is 1. The molecule has 1 aliphatic rings. The Morgan fingerprint density at radius 1 is 1.19 bits per heavy atom. The Balaban J connectivity index is 1.59. The van der Waals surface area contributed by atoms with E-state index in [2.05, 4.69) is 10.2 Å². The van der Waals surface area contributed by atoms with Gasteiger partial charge in [0.05, 0.1) is 24.3 Å². The van der Waals surface area contributed by atoms with E-state index in [0.717, 1.165) is 11.4 Å². The number of aliphatic hydroxyl groups is 1. The summed E-state index contributed by atoms with van der Waals surface area (Å²) in [4.78, 5) is 29.2. The first-order valence-corrected chi connectivity index (χ1v) is 9.64. The van der Waals surface area contributed by atoms with Crippen LogP contribution >= 0.6 is 11.3 Å². The van der Waals surface area contributed by atoms with Gasteiger partial charge >= 0.3 is 0 Å². The van der Waals surface area contributed by atoms with Crippen LogP contribution in [0.4, 0.5) is 5.69 Å². The van der Waals surface area contributed by atoms with Gasteiger partial charge < -0.3 is 25.0 Å². The molecule has 0 aliphatic carbocycles. The van der Waals surface area contributed by atoms with E-state index < -0.39 is 12.6 Å². The number of rotatable bonds is 6. The van der Waals surface area contributed by atoms with E-state index in [1.165, 1.54) is 11.3 Å². The third-order valence-corrected chi connectivity index (χ3v) is 5.42. The van der Waals surface area contributed by atoms with Crippen molar-refractivity contribution in [2.24, 2.45) is 0 Å². The topological polar surface area (TPSA) is 82.1 Å². The molecule has 1 aromatic carbocycles. The monoisotopic (exact) mass is 389 g/mol. The van der Waals surface area contributed by atoms with Crippen molar-refractivity contribution in [3.05, 3.63) is 46.7 Å². The molecule has 0 saturated carbocycles. The largest absolute Gasteiger partial charge is 0.495 e. The minimum Gasteiger partial charge on any atom is -0.495 e. The number of para-hydroxylation sites is 2. The minimum atomic E-state index is -0.933. The predicted octanol–water partition coefficient (Wildman–Crippen LogP) is 1.20. The number of carbonyl (C=O) groups is 2. The lowest BCUT2D eigenvalue weighted by atomic mass is 10.2. The fourth-order valence-electron chi connectivity index (χ4n) is 3.10. The summed E-state index contributed by atoms with van der Waals surface area (Å²) in [6, 6.07) is 10.3. The van der Waals surface area contributed by atoms with E-state index in [1.54, 1.807) is 29.5 Å². The van der Waals surface area contributed by atoms with Gasteiger partial charge in [-0.1, -0.05) is 18.2 Å². The Hall–Kier alpha value is -2.58. The summed E-state index contributed by atoms with van der Waals surface area (Å²) < 4.78 is 5.41. The SMILES string of the molecule is COc1ccccc1N1CCN(C(=O)C(CO)NC(=O)c2cccs2)CC1. The lowest BCUT2D eigenvalue weighted by molar-refractivity contribution is -0.134. The van der Waals surface area contributed by atoms with E-state index in [0.29, 0.717) is 31.1 Å². The summed E-state index contributed by atoms with van der Waals surface area (Å²) in [5, 5.41) is 14.0. The normalized spacial score (nSPS) is 15.3. The molecule has 1 unspecified atom stereocenters. The Labute approximate surface area is 162 Å². The van der Waals surface area contributed by atoms with E-state index in [4.69, 9.17) is 4.74 Å². The first kappa shape index (κ1) is 19.2. The number of amides is 2. The van der Waals surface area contributed by atoms with E-state index in [9.17, 15) is 14.7 Å². The highest BCUT2D eigenvalue weighted by atomic mass is 32.1. The average molecular weight is 389 g/mol. The molecule has 2 amide bonds. The van der Waals surface area contributed by atoms with Crippen LogP contribution in [0, 0.1) is 0 Å². The van der Waals surface area contributed by atoms with Gasteiger partial charge in [0, 0.05) is 26.2 Å². The predicted molar refractivity (Wildman–Crippen MR) is 104 cm³/mol. The van der Waals surface area contributed by atoms with Gasteiger partial charge in [0.1, 0.15) is 11.8 Å². The Kier molecular flexibility index (Phi) is 6.31. The van der Waals surface area contributed by atoms with Crippen molar-refractivity contribution in [3.8, 4) is 5.75 Å². The molecule has 2 aromatic rings. The van der Waals surface area contributed by atoms with E-state index >= 15 is 0 Å². The molecule has 7 nitrogen and oxygen atoms in total. The van der Waals surface area contributed by atoms with Gasteiger partial charge in [0.2, 0.25) is 5.91 Å². The molecule has 2 heterocycles. The number of ether oxygens (including phenoxy) is 1. The van der Waals surface area contributed by atoms with Crippen molar-refractivity contribution in [1.82, 2.24) is 10.2 Å². The van der Waals surface area contributed by atoms with Crippen LogP contribution in [0.5, 0.6) is 5.75 Å². The van der Waals surface area contributed by atoms with E-state index in [-0.39, 0.29) is 11.8 Å². The molecule has 3 rings (SSSR count). The van der Waals surface area contributed by atoms with Crippen LogP contribution in [0.2, 0.25) is 0 Å². The molecule has 8 heteroatoms. The molecule has 1 atom stereocenters. The van der Waals surface area contributed by atoms with Crippen LogP contribution in [-0.4, -0.2) is 67.8 Å². The molecular weight excluding hydrogens is 366 g/mol. The molecule has 0 bridgehead atoms. The molecule has 1 fully saturated rings. The molecule has 27 heavy (non-hydrogen) atoms. The van der Waals surface area contributed by atoms with Crippen LogP contribution in [0.25, 0.3) is 0 Å². The van der Waals surface area contributed by atoms with Gasteiger partial charge in [0.15, 0.2) is 0 Å². The lowest BCUT2D eigenvalue weighted by Crippen LogP contribution is -2.56. The number of hydrogen-bond donors (Lipinski definition) is 2. The standard InChI is InChI=1S/C19H23N3O4S/c1-26-16-6-3-2-5-15(16)21-8-10-22(11-9-21)19(25)14(13-23)20-18(24)17-7-4-12-27-17/h2-7,12,14,23H,8-11,13H2,1H3,(H,20,24). The molecule has 1 saturated heterocycles. The summed E-state index contributed by atoms with van der Waals surface area (Å²) in [6.07, 6.45) is 0. The zero-order chi connectivity index (χ0) is 19.2. The minimum absolute atomic E-state index is 0.262. The van der Waals surface area contributed by atoms with Crippen molar-refractivity contribution in [3.63, 3.8) is 0 Å². The number of benzene rings is 1. The molecule has 2 N–H and O–H groups in total. The average Bonchev–Trinajstić information content (AvgIpc) is 3.26. The van der Waals surface area contributed by atoms with Crippen molar-refractivity contribution in [2.75, 3.05) is 44.8 Å². The van der Waals surface area contributed by atoms with Gasteiger partial charge in [0.25, 0.3) is 5.91 Å². The van der Waals surface area contributed by atoms with Crippen LogP contribution < -0.4 is 15.0 Å². The summed E-state index contributed by atoms with van der Waals surface area (Å²) in [5.41, 5.74) is 0.997. The highest BCUT2D eigenvalue weighted by molar-refractivity contribution is 7.12. The molecular formula is C19H23N3O4S. The smallest absolute Gasteiger partial charge is 0.262 e. The Morgan fingerprint density at radius 2 is 1.93 bits per heavy atom.